The van der Waals surface area contributed by atoms with E-state index in [9.17, 15) is 9.59 Å². The Kier molecular flexibility index (Phi) is 6.05. The van der Waals surface area contributed by atoms with Crippen LogP contribution in [0, 0.1) is 6.92 Å². The largest absolute Gasteiger partial charge is 0.378 e. The lowest BCUT2D eigenvalue weighted by molar-refractivity contribution is -0.124. The van der Waals surface area contributed by atoms with Gasteiger partial charge in [-0.1, -0.05) is 49.3 Å². The zero-order valence-corrected chi connectivity index (χ0v) is 19.7. The van der Waals surface area contributed by atoms with E-state index in [2.05, 4.69) is 4.90 Å². The second-order valence-corrected chi connectivity index (χ2v) is 10.2. The molecule has 32 heavy (non-hydrogen) atoms. The highest BCUT2D eigenvalue weighted by molar-refractivity contribution is 8.26. The SMILES string of the molecule is Cc1cccn2c(=O)c(/C=C3\SC(=S)N(C4CCCCC4)C3=O)c(N3CCOCC3)nc12. The van der Waals surface area contributed by atoms with Gasteiger partial charge in [0, 0.05) is 25.3 Å². The van der Waals surface area contributed by atoms with Crippen LogP contribution >= 0.6 is 24.0 Å². The van der Waals surface area contributed by atoms with Crippen LogP contribution in [0.15, 0.2) is 28.0 Å². The molecule has 4 heterocycles. The van der Waals surface area contributed by atoms with Crippen molar-refractivity contribution in [3.8, 4) is 0 Å². The predicted octanol–water partition coefficient (Wildman–Crippen LogP) is 3.37. The van der Waals surface area contributed by atoms with E-state index in [-0.39, 0.29) is 17.5 Å². The fraction of sp³-hybridized carbons (Fsp3) is 0.478. The van der Waals surface area contributed by atoms with E-state index in [0.29, 0.717) is 52.6 Å². The molecule has 0 radical (unpaired) electrons. The van der Waals surface area contributed by atoms with Gasteiger partial charge in [0.05, 0.1) is 23.7 Å². The average molecular weight is 471 g/mol. The van der Waals surface area contributed by atoms with Crippen LogP contribution in [0.2, 0.25) is 0 Å². The third-order valence-corrected chi connectivity index (χ3v) is 7.74. The van der Waals surface area contributed by atoms with Crippen molar-refractivity contribution >= 4 is 51.7 Å². The van der Waals surface area contributed by atoms with Gasteiger partial charge in [-0.05, 0) is 37.5 Å². The molecule has 2 aliphatic heterocycles. The zero-order valence-electron chi connectivity index (χ0n) is 18.1. The maximum absolute atomic E-state index is 13.6. The second-order valence-electron chi connectivity index (χ2n) is 8.48. The molecule has 0 bridgehead atoms. The van der Waals surface area contributed by atoms with Crippen LogP contribution in [0.5, 0.6) is 0 Å². The Balaban J connectivity index is 1.60. The molecule has 2 saturated heterocycles. The van der Waals surface area contributed by atoms with Crippen molar-refractivity contribution in [2.75, 3.05) is 31.2 Å². The van der Waals surface area contributed by atoms with Gasteiger partial charge in [0.1, 0.15) is 15.8 Å². The van der Waals surface area contributed by atoms with Crippen molar-refractivity contribution in [3.05, 3.63) is 44.7 Å². The van der Waals surface area contributed by atoms with E-state index in [1.807, 2.05) is 19.1 Å². The van der Waals surface area contributed by atoms with Crippen LogP contribution in [0.4, 0.5) is 5.82 Å². The molecule has 3 aliphatic rings. The minimum absolute atomic E-state index is 0.0893. The molecule has 0 atom stereocenters. The van der Waals surface area contributed by atoms with Crippen molar-refractivity contribution in [1.82, 2.24) is 14.3 Å². The summed E-state index contributed by atoms with van der Waals surface area (Å²) < 4.78 is 7.65. The summed E-state index contributed by atoms with van der Waals surface area (Å²) in [5.41, 5.74) is 1.81. The number of thiocarbonyl (C=S) groups is 1. The fourth-order valence-electron chi connectivity index (χ4n) is 4.71. The molecule has 1 aliphatic carbocycles. The Morgan fingerprint density at radius 2 is 1.94 bits per heavy atom. The van der Waals surface area contributed by atoms with Crippen LogP contribution in [-0.2, 0) is 9.53 Å². The Bertz CT molecular complexity index is 1160. The Labute approximate surface area is 196 Å². The highest BCUT2D eigenvalue weighted by atomic mass is 32.2. The van der Waals surface area contributed by atoms with Crippen molar-refractivity contribution in [1.29, 1.82) is 0 Å². The van der Waals surface area contributed by atoms with Crippen LogP contribution in [-0.4, -0.2) is 56.9 Å². The van der Waals surface area contributed by atoms with Gasteiger partial charge >= 0.3 is 0 Å². The molecular formula is C23H26N4O3S2. The third-order valence-electron chi connectivity index (χ3n) is 6.41. The fourth-order valence-corrected chi connectivity index (χ4v) is 6.09. The van der Waals surface area contributed by atoms with Crippen molar-refractivity contribution in [2.24, 2.45) is 0 Å². The predicted molar refractivity (Wildman–Crippen MR) is 131 cm³/mol. The summed E-state index contributed by atoms with van der Waals surface area (Å²) in [5, 5.41) is 0. The van der Waals surface area contributed by atoms with Crippen LogP contribution in [0.1, 0.15) is 43.2 Å². The van der Waals surface area contributed by atoms with E-state index in [1.165, 1.54) is 18.2 Å². The highest BCUT2D eigenvalue weighted by Gasteiger charge is 2.38. The molecule has 2 aromatic rings. The van der Waals surface area contributed by atoms with E-state index < -0.39 is 0 Å². The van der Waals surface area contributed by atoms with E-state index in [1.54, 1.807) is 21.6 Å². The first-order chi connectivity index (χ1) is 15.5. The number of anilines is 1. The number of carbonyl (C=O) groups excluding carboxylic acids is 1. The van der Waals surface area contributed by atoms with Gasteiger partial charge in [0.25, 0.3) is 11.5 Å². The van der Waals surface area contributed by atoms with Crippen molar-refractivity contribution < 1.29 is 9.53 Å². The number of aryl methyl sites for hydroxylation is 1. The van der Waals surface area contributed by atoms with E-state index in [0.717, 1.165) is 31.2 Å². The number of carbonyl (C=O) groups is 1. The number of hydrogen-bond acceptors (Lipinski definition) is 7. The summed E-state index contributed by atoms with van der Waals surface area (Å²) in [4.78, 5) is 36.1. The van der Waals surface area contributed by atoms with E-state index >= 15 is 0 Å². The van der Waals surface area contributed by atoms with Gasteiger partial charge in [-0.15, -0.1) is 0 Å². The number of thioether (sulfide) groups is 1. The highest BCUT2D eigenvalue weighted by Crippen LogP contribution is 2.37. The number of fused-ring (bicyclic) bond motifs is 1. The van der Waals surface area contributed by atoms with Gasteiger partial charge < -0.3 is 9.64 Å². The quantitative estimate of drug-likeness (QED) is 0.503. The summed E-state index contributed by atoms with van der Waals surface area (Å²) in [5.74, 6) is 0.518. The molecule has 5 rings (SSSR count). The molecule has 2 aromatic heterocycles. The van der Waals surface area contributed by atoms with Gasteiger partial charge in [-0.3, -0.25) is 18.9 Å². The zero-order chi connectivity index (χ0) is 22.2. The van der Waals surface area contributed by atoms with Crippen LogP contribution in [0.3, 0.4) is 0 Å². The first-order valence-corrected chi connectivity index (χ1v) is 12.4. The number of pyridine rings is 1. The van der Waals surface area contributed by atoms with Gasteiger partial charge in [-0.2, -0.15) is 0 Å². The minimum Gasteiger partial charge on any atom is -0.378 e. The maximum Gasteiger partial charge on any atom is 0.267 e. The van der Waals surface area contributed by atoms with Gasteiger partial charge in [-0.25, -0.2) is 4.98 Å². The smallest absolute Gasteiger partial charge is 0.267 e. The van der Waals surface area contributed by atoms with Crippen LogP contribution < -0.4 is 10.5 Å². The number of morpholine rings is 1. The van der Waals surface area contributed by atoms with Gasteiger partial charge in [0.15, 0.2) is 0 Å². The summed E-state index contributed by atoms with van der Waals surface area (Å²) >= 11 is 6.87. The molecule has 0 unspecified atom stereocenters. The van der Waals surface area contributed by atoms with Gasteiger partial charge in [0.2, 0.25) is 0 Å². The minimum atomic E-state index is -0.178. The molecule has 0 aromatic carbocycles. The third kappa shape index (κ3) is 3.86. The lowest BCUT2D eigenvalue weighted by Crippen LogP contribution is -2.40. The molecular weight excluding hydrogens is 444 g/mol. The number of hydrogen-bond donors (Lipinski definition) is 0. The van der Waals surface area contributed by atoms with Crippen molar-refractivity contribution in [2.45, 2.75) is 45.1 Å². The standard InChI is InChI=1S/C23H26N4O3S2/c1-15-6-5-9-26-19(15)24-20(25-10-12-30-13-11-25)17(21(26)28)14-18-22(29)27(23(31)32-18)16-7-3-2-4-8-16/h5-6,9,14,16H,2-4,7-8,10-13H2,1H3/b18-14-. The first-order valence-electron chi connectivity index (χ1n) is 11.2. The van der Waals surface area contributed by atoms with Crippen LogP contribution in [0.25, 0.3) is 11.7 Å². The Morgan fingerprint density at radius 3 is 2.69 bits per heavy atom. The molecule has 168 valence electrons. The summed E-state index contributed by atoms with van der Waals surface area (Å²) in [7, 11) is 0. The second kappa shape index (κ2) is 8.96. The molecule has 0 spiro atoms. The number of nitrogens with zero attached hydrogens (tertiary/aromatic N) is 4. The number of aromatic nitrogens is 2. The summed E-state index contributed by atoms with van der Waals surface area (Å²) in [6, 6.07) is 3.95. The Hall–Kier alpha value is -2.23. The number of rotatable bonds is 3. The molecule has 0 N–H and O–H groups in total. The number of ether oxygens (including phenoxy) is 1. The topological polar surface area (TPSA) is 67.2 Å². The molecule has 1 saturated carbocycles. The monoisotopic (exact) mass is 470 g/mol. The first kappa shape index (κ1) is 21.6. The molecule has 1 amide bonds. The lowest BCUT2D eigenvalue weighted by atomic mass is 9.94. The lowest BCUT2D eigenvalue weighted by Gasteiger charge is -2.30. The normalized spacial score (nSPS) is 21.8. The summed E-state index contributed by atoms with van der Waals surface area (Å²) in [6.07, 6.45) is 8.86. The number of amides is 1. The average Bonchev–Trinajstić information content (AvgIpc) is 3.10. The maximum atomic E-state index is 13.6. The molecule has 9 heteroatoms. The van der Waals surface area contributed by atoms with Crippen molar-refractivity contribution in [3.63, 3.8) is 0 Å². The van der Waals surface area contributed by atoms with E-state index in [4.69, 9.17) is 21.9 Å². The molecule has 7 nitrogen and oxygen atoms in total. The molecule has 3 fully saturated rings. The Morgan fingerprint density at radius 1 is 1.19 bits per heavy atom. The summed E-state index contributed by atoms with van der Waals surface area (Å²) in [6.45, 7) is 4.41.